The summed E-state index contributed by atoms with van der Waals surface area (Å²) in [5.74, 6) is 1.74. The fraction of sp³-hybridized carbons (Fsp3) is 0.583. The molecule has 0 radical (unpaired) electrons. The molecule has 17 heavy (non-hydrogen) atoms. The zero-order valence-corrected chi connectivity index (χ0v) is 10.1. The van der Waals surface area contributed by atoms with E-state index in [9.17, 15) is 0 Å². The average Bonchev–Trinajstić information content (AvgIpc) is 2.27. The van der Waals surface area contributed by atoms with Gasteiger partial charge < -0.3 is 10.2 Å². The van der Waals surface area contributed by atoms with Gasteiger partial charge in [0.15, 0.2) is 0 Å². The molecule has 0 unspecified atom stereocenters. The van der Waals surface area contributed by atoms with Crippen molar-refractivity contribution in [1.29, 1.82) is 5.26 Å². The third kappa shape index (κ3) is 2.84. The Balaban J connectivity index is 1.98. The minimum Gasteiger partial charge on any atom is -0.369 e. The molecule has 0 amide bonds. The third-order valence-electron chi connectivity index (χ3n) is 3.18. The summed E-state index contributed by atoms with van der Waals surface area (Å²) < 4.78 is 0. The molecule has 0 atom stereocenters. The van der Waals surface area contributed by atoms with E-state index in [2.05, 4.69) is 33.3 Å². The number of hydrogen-bond donors (Lipinski definition) is 1. The van der Waals surface area contributed by atoms with Crippen LogP contribution in [0.3, 0.4) is 0 Å². The summed E-state index contributed by atoms with van der Waals surface area (Å²) in [6.45, 7) is 0.625. The zero-order chi connectivity index (χ0) is 12.1. The molecule has 90 valence electrons. The molecule has 1 aromatic heterocycles. The second-order valence-electron chi connectivity index (χ2n) is 4.29. The van der Waals surface area contributed by atoms with Crippen molar-refractivity contribution in [3.63, 3.8) is 0 Å². The normalized spacial score (nSPS) is 14.8. The topological polar surface area (TPSA) is 64.8 Å². The maximum atomic E-state index is 8.47. The standard InChI is InChI=1S/C12H17N5/c1-17(10-4-2-5-10)12-8-11(15-9-16-12)14-7-3-6-13/h8-10H,2-5,7H2,1H3,(H,14,15,16). The molecule has 1 heterocycles. The van der Waals surface area contributed by atoms with Crippen LogP contribution in [0.1, 0.15) is 25.7 Å². The molecule has 0 aromatic carbocycles. The summed E-state index contributed by atoms with van der Waals surface area (Å²) in [5, 5.41) is 11.6. The van der Waals surface area contributed by atoms with Crippen molar-refractivity contribution in [3.05, 3.63) is 12.4 Å². The van der Waals surface area contributed by atoms with Crippen LogP contribution in [0.15, 0.2) is 12.4 Å². The molecule has 1 aliphatic rings. The van der Waals surface area contributed by atoms with Gasteiger partial charge in [0.05, 0.1) is 12.5 Å². The maximum Gasteiger partial charge on any atom is 0.134 e. The Morgan fingerprint density at radius 2 is 2.35 bits per heavy atom. The first-order valence-electron chi connectivity index (χ1n) is 5.97. The first-order valence-corrected chi connectivity index (χ1v) is 5.97. The van der Waals surface area contributed by atoms with Crippen molar-refractivity contribution in [2.75, 3.05) is 23.8 Å². The van der Waals surface area contributed by atoms with Crippen molar-refractivity contribution < 1.29 is 0 Å². The summed E-state index contributed by atoms with van der Waals surface area (Å²) in [7, 11) is 2.07. The van der Waals surface area contributed by atoms with Crippen LogP contribution in [0.25, 0.3) is 0 Å². The second-order valence-corrected chi connectivity index (χ2v) is 4.29. The molecule has 1 N–H and O–H groups in total. The number of hydrogen-bond acceptors (Lipinski definition) is 5. The molecule has 0 spiro atoms. The Labute approximate surface area is 101 Å². The van der Waals surface area contributed by atoms with Crippen LogP contribution in [-0.2, 0) is 0 Å². The maximum absolute atomic E-state index is 8.47. The Morgan fingerprint density at radius 1 is 1.53 bits per heavy atom. The van der Waals surface area contributed by atoms with E-state index in [1.807, 2.05) is 6.07 Å². The van der Waals surface area contributed by atoms with Crippen molar-refractivity contribution in [2.24, 2.45) is 0 Å². The molecular formula is C12H17N5. The highest BCUT2D eigenvalue weighted by Gasteiger charge is 2.23. The summed E-state index contributed by atoms with van der Waals surface area (Å²) in [5.41, 5.74) is 0. The third-order valence-corrected chi connectivity index (χ3v) is 3.18. The van der Waals surface area contributed by atoms with E-state index in [0.717, 1.165) is 11.6 Å². The fourth-order valence-electron chi connectivity index (χ4n) is 1.84. The van der Waals surface area contributed by atoms with Crippen LogP contribution in [0.5, 0.6) is 0 Å². The molecule has 0 bridgehead atoms. The smallest absolute Gasteiger partial charge is 0.134 e. The highest BCUT2D eigenvalue weighted by Crippen LogP contribution is 2.27. The first kappa shape index (κ1) is 11.6. The number of nitriles is 1. The Kier molecular flexibility index (Phi) is 3.76. The van der Waals surface area contributed by atoms with Crippen LogP contribution < -0.4 is 10.2 Å². The van der Waals surface area contributed by atoms with Crippen LogP contribution >= 0.6 is 0 Å². The largest absolute Gasteiger partial charge is 0.369 e. The lowest BCUT2D eigenvalue weighted by atomic mass is 9.92. The lowest BCUT2D eigenvalue weighted by molar-refractivity contribution is 0.399. The minimum absolute atomic E-state index is 0.484. The van der Waals surface area contributed by atoms with Gasteiger partial charge in [0.2, 0.25) is 0 Å². The number of nitrogens with one attached hydrogen (secondary N) is 1. The predicted octanol–water partition coefficient (Wildman–Crippen LogP) is 1.79. The second kappa shape index (κ2) is 5.48. The fourth-order valence-corrected chi connectivity index (χ4v) is 1.84. The minimum atomic E-state index is 0.484. The Bertz CT molecular complexity index is 408. The first-order chi connectivity index (χ1) is 8.31. The SMILES string of the molecule is CN(c1cc(NCCC#N)ncn1)C1CCC1. The van der Waals surface area contributed by atoms with Crippen molar-refractivity contribution >= 4 is 11.6 Å². The van der Waals surface area contributed by atoms with E-state index in [1.165, 1.54) is 19.3 Å². The van der Waals surface area contributed by atoms with Gasteiger partial charge in [-0.1, -0.05) is 0 Å². The number of anilines is 2. The molecule has 5 nitrogen and oxygen atoms in total. The van der Waals surface area contributed by atoms with Crippen molar-refractivity contribution in [1.82, 2.24) is 9.97 Å². The Hall–Kier alpha value is -1.83. The Morgan fingerprint density at radius 3 is 3.00 bits per heavy atom. The molecule has 1 saturated carbocycles. The molecule has 1 fully saturated rings. The monoisotopic (exact) mass is 231 g/mol. The summed E-state index contributed by atoms with van der Waals surface area (Å²) in [4.78, 5) is 10.6. The lowest BCUT2D eigenvalue weighted by Crippen LogP contribution is -2.37. The molecule has 0 saturated heterocycles. The van der Waals surface area contributed by atoms with E-state index in [1.54, 1.807) is 6.33 Å². The molecule has 5 heteroatoms. The summed E-state index contributed by atoms with van der Waals surface area (Å²) in [6.07, 6.45) is 5.86. The predicted molar refractivity (Wildman–Crippen MR) is 66.8 cm³/mol. The van der Waals surface area contributed by atoms with Crippen LogP contribution in [-0.4, -0.2) is 29.6 Å². The number of rotatable bonds is 5. The molecule has 0 aliphatic heterocycles. The van der Waals surface area contributed by atoms with E-state index < -0.39 is 0 Å². The lowest BCUT2D eigenvalue weighted by Gasteiger charge is -2.35. The molecule has 1 aliphatic carbocycles. The van der Waals surface area contributed by atoms with E-state index in [4.69, 9.17) is 5.26 Å². The van der Waals surface area contributed by atoms with Gasteiger partial charge in [-0.05, 0) is 19.3 Å². The highest BCUT2D eigenvalue weighted by molar-refractivity contribution is 5.48. The van der Waals surface area contributed by atoms with Gasteiger partial charge in [-0.2, -0.15) is 5.26 Å². The van der Waals surface area contributed by atoms with Gasteiger partial charge >= 0.3 is 0 Å². The van der Waals surface area contributed by atoms with Gasteiger partial charge in [-0.15, -0.1) is 0 Å². The zero-order valence-electron chi connectivity index (χ0n) is 10.1. The molecular weight excluding hydrogens is 214 g/mol. The summed E-state index contributed by atoms with van der Waals surface area (Å²) >= 11 is 0. The van der Waals surface area contributed by atoms with Gasteiger partial charge in [-0.3, -0.25) is 0 Å². The van der Waals surface area contributed by atoms with Crippen LogP contribution in [0.2, 0.25) is 0 Å². The molecule has 1 aromatic rings. The van der Waals surface area contributed by atoms with Gasteiger partial charge in [0.1, 0.15) is 18.0 Å². The molecule has 2 rings (SSSR count). The quantitative estimate of drug-likeness (QED) is 0.783. The van der Waals surface area contributed by atoms with E-state index >= 15 is 0 Å². The van der Waals surface area contributed by atoms with Crippen molar-refractivity contribution in [3.8, 4) is 6.07 Å². The van der Waals surface area contributed by atoms with Gasteiger partial charge in [0.25, 0.3) is 0 Å². The van der Waals surface area contributed by atoms with Crippen LogP contribution in [0.4, 0.5) is 11.6 Å². The van der Waals surface area contributed by atoms with Crippen LogP contribution in [0, 0.1) is 11.3 Å². The number of aromatic nitrogens is 2. The van der Waals surface area contributed by atoms with E-state index in [-0.39, 0.29) is 0 Å². The van der Waals surface area contributed by atoms with Crippen molar-refractivity contribution in [2.45, 2.75) is 31.7 Å². The van der Waals surface area contributed by atoms with Gasteiger partial charge in [-0.25, -0.2) is 9.97 Å². The summed E-state index contributed by atoms with van der Waals surface area (Å²) in [6, 6.07) is 4.66. The highest BCUT2D eigenvalue weighted by atomic mass is 15.2. The van der Waals surface area contributed by atoms with Gasteiger partial charge in [0, 0.05) is 25.7 Å². The number of nitrogens with zero attached hydrogens (tertiary/aromatic N) is 4. The average molecular weight is 231 g/mol. The van der Waals surface area contributed by atoms with E-state index in [0.29, 0.717) is 19.0 Å².